The number of benzene rings is 1. The van der Waals surface area contributed by atoms with Crippen LogP contribution >= 0.6 is 0 Å². The van der Waals surface area contributed by atoms with Crippen molar-refractivity contribution in [3.05, 3.63) is 17.2 Å². The zero-order valence-corrected chi connectivity index (χ0v) is 11.6. The van der Waals surface area contributed by atoms with Gasteiger partial charge in [-0.3, -0.25) is 4.79 Å². The quantitative estimate of drug-likeness (QED) is 0.662. The first-order valence-electron chi connectivity index (χ1n) is 5.57. The van der Waals surface area contributed by atoms with E-state index in [1.807, 2.05) is 13.8 Å². The van der Waals surface area contributed by atoms with Crippen LogP contribution in [0.4, 0.5) is 5.69 Å². The van der Waals surface area contributed by atoms with Crippen LogP contribution in [-0.4, -0.2) is 33.2 Å². The van der Waals surface area contributed by atoms with E-state index in [0.29, 0.717) is 17.2 Å². The molecule has 1 aromatic carbocycles. The molecule has 0 radical (unpaired) electrons. The number of rotatable bonds is 3. The van der Waals surface area contributed by atoms with Crippen molar-refractivity contribution < 1.29 is 23.8 Å². The first-order valence-corrected chi connectivity index (χ1v) is 5.57. The van der Waals surface area contributed by atoms with Crippen molar-refractivity contribution in [3.8, 4) is 11.5 Å². The summed E-state index contributed by atoms with van der Waals surface area (Å²) in [5.41, 5.74) is 2.08. The third-order valence-corrected chi connectivity index (χ3v) is 2.84. The van der Waals surface area contributed by atoms with Crippen LogP contribution in [0.5, 0.6) is 11.5 Å². The van der Waals surface area contributed by atoms with E-state index in [2.05, 4.69) is 10.1 Å². The maximum absolute atomic E-state index is 11.5. The number of anilines is 1. The number of methoxy groups -OCH3 is 3. The molecule has 6 heteroatoms. The van der Waals surface area contributed by atoms with Gasteiger partial charge in [-0.05, 0) is 25.0 Å². The van der Waals surface area contributed by atoms with Crippen molar-refractivity contribution in [2.75, 3.05) is 26.6 Å². The van der Waals surface area contributed by atoms with Crippen molar-refractivity contribution >= 4 is 17.6 Å². The summed E-state index contributed by atoms with van der Waals surface area (Å²) < 4.78 is 14.8. The fourth-order valence-electron chi connectivity index (χ4n) is 1.70. The average molecular weight is 267 g/mol. The summed E-state index contributed by atoms with van der Waals surface area (Å²) in [6.07, 6.45) is 0. The molecule has 1 N–H and O–H groups in total. The Bertz CT molecular complexity index is 510. The van der Waals surface area contributed by atoms with Gasteiger partial charge in [-0.15, -0.1) is 0 Å². The first-order chi connectivity index (χ1) is 8.96. The zero-order chi connectivity index (χ0) is 14.6. The van der Waals surface area contributed by atoms with Gasteiger partial charge in [-0.2, -0.15) is 0 Å². The molecule has 0 aliphatic heterocycles. The van der Waals surface area contributed by atoms with Crippen LogP contribution in [-0.2, 0) is 14.3 Å². The topological polar surface area (TPSA) is 73.9 Å². The highest BCUT2D eigenvalue weighted by molar-refractivity contribution is 6.37. The molecule has 0 saturated heterocycles. The summed E-state index contributed by atoms with van der Waals surface area (Å²) in [7, 11) is 4.16. The van der Waals surface area contributed by atoms with E-state index >= 15 is 0 Å². The smallest absolute Gasteiger partial charge is 0.396 e. The zero-order valence-electron chi connectivity index (χ0n) is 11.6. The summed E-state index contributed by atoms with van der Waals surface area (Å²) >= 11 is 0. The number of ether oxygens (including phenoxy) is 3. The van der Waals surface area contributed by atoms with E-state index in [9.17, 15) is 9.59 Å². The van der Waals surface area contributed by atoms with Crippen molar-refractivity contribution in [2.45, 2.75) is 13.8 Å². The molecule has 19 heavy (non-hydrogen) atoms. The summed E-state index contributed by atoms with van der Waals surface area (Å²) in [5.74, 6) is -0.764. The van der Waals surface area contributed by atoms with Gasteiger partial charge in [0.25, 0.3) is 0 Å². The number of esters is 1. The number of hydrogen-bond acceptors (Lipinski definition) is 5. The molecule has 0 heterocycles. The molecule has 1 rings (SSSR count). The van der Waals surface area contributed by atoms with E-state index in [1.165, 1.54) is 14.2 Å². The van der Waals surface area contributed by atoms with Crippen LogP contribution in [0, 0.1) is 13.8 Å². The molecule has 1 amide bonds. The third kappa shape index (κ3) is 2.96. The van der Waals surface area contributed by atoms with Crippen LogP contribution in [0.25, 0.3) is 0 Å². The fraction of sp³-hybridized carbons (Fsp3) is 0.385. The van der Waals surface area contributed by atoms with Gasteiger partial charge in [0.1, 0.15) is 11.5 Å². The maximum atomic E-state index is 11.5. The second kappa shape index (κ2) is 6.08. The number of carbonyl (C=O) groups is 2. The molecule has 0 bridgehead atoms. The van der Waals surface area contributed by atoms with Crippen LogP contribution in [0.15, 0.2) is 6.07 Å². The minimum Gasteiger partial charge on any atom is -0.496 e. The van der Waals surface area contributed by atoms with Gasteiger partial charge in [0.15, 0.2) is 0 Å². The first kappa shape index (κ1) is 14.8. The lowest BCUT2D eigenvalue weighted by atomic mass is 10.1. The van der Waals surface area contributed by atoms with Gasteiger partial charge in [0.2, 0.25) is 0 Å². The molecule has 1 aromatic rings. The highest BCUT2D eigenvalue weighted by Gasteiger charge is 2.19. The van der Waals surface area contributed by atoms with Gasteiger partial charge in [-0.1, -0.05) is 0 Å². The van der Waals surface area contributed by atoms with Crippen LogP contribution in [0.3, 0.4) is 0 Å². The molecular formula is C13H17NO5. The standard InChI is InChI=1S/C13H17NO5/c1-7-8(2)11(18-4)9(6-10(7)17-3)14-12(15)13(16)19-5/h6H,1-5H3,(H,14,15). The van der Waals surface area contributed by atoms with Gasteiger partial charge in [-0.25, -0.2) is 4.79 Å². The van der Waals surface area contributed by atoms with Gasteiger partial charge in [0, 0.05) is 6.07 Å². The molecule has 0 spiro atoms. The lowest BCUT2D eigenvalue weighted by molar-refractivity contribution is -0.150. The Morgan fingerprint density at radius 2 is 1.68 bits per heavy atom. The Labute approximate surface area is 111 Å². The Morgan fingerprint density at radius 3 is 2.16 bits per heavy atom. The van der Waals surface area contributed by atoms with E-state index in [0.717, 1.165) is 18.2 Å². The number of amides is 1. The predicted molar refractivity (Wildman–Crippen MR) is 69.7 cm³/mol. The lowest BCUT2D eigenvalue weighted by Gasteiger charge is -2.16. The summed E-state index contributed by atoms with van der Waals surface area (Å²) in [6, 6.07) is 1.60. The number of hydrogen-bond donors (Lipinski definition) is 1. The fourth-order valence-corrected chi connectivity index (χ4v) is 1.70. The van der Waals surface area contributed by atoms with Crippen molar-refractivity contribution in [2.24, 2.45) is 0 Å². The molecule has 104 valence electrons. The van der Waals surface area contributed by atoms with Gasteiger partial charge in [0.05, 0.1) is 27.0 Å². The summed E-state index contributed by atoms with van der Waals surface area (Å²) in [4.78, 5) is 22.6. The second-order valence-corrected chi connectivity index (χ2v) is 3.86. The molecule has 0 saturated carbocycles. The highest BCUT2D eigenvalue weighted by Crippen LogP contribution is 2.36. The summed E-state index contributed by atoms with van der Waals surface area (Å²) in [5, 5.41) is 2.44. The molecule has 0 unspecified atom stereocenters. The van der Waals surface area contributed by atoms with E-state index in [4.69, 9.17) is 9.47 Å². The van der Waals surface area contributed by atoms with Crippen LogP contribution < -0.4 is 14.8 Å². The molecule has 6 nitrogen and oxygen atoms in total. The maximum Gasteiger partial charge on any atom is 0.396 e. The minimum atomic E-state index is -0.973. The largest absolute Gasteiger partial charge is 0.496 e. The molecular weight excluding hydrogens is 250 g/mol. The normalized spacial score (nSPS) is 9.74. The predicted octanol–water partition coefficient (Wildman–Crippen LogP) is 1.43. The Kier molecular flexibility index (Phi) is 4.74. The summed E-state index contributed by atoms with van der Waals surface area (Å²) in [6.45, 7) is 3.72. The molecule has 0 aliphatic rings. The Hall–Kier alpha value is -2.24. The second-order valence-electron chi connectivity index (χ2n) is 3.86. The van der Waals surface area contributed by atoms with E-state index < -0.39 is 11.9 Å². The molecule has 0 fully saturated rings. The minimum absolute atomic E-state index is 0.359. The van der Waals surface area contributed by atoms with E-state index in [-0.39, 0.29) is 0 Å². The Morgan fingerprint density at radius 1 is 1.05 bits per heavy atom. The monoisotopic (exact) mass is 267 g/mol. The highest BCUT2D eigenvalue weighted by atomic mass is 16.5. The molecule has 0 aliphatic carbocycles. The molecule has 0 aromatic heterocycles. The average Bonchev–Trinajstić information content (AvgIpc) is 2.41. The van der Waals surface area contributed by atoms with Gasteiger partial charge >= 0.3 is 11.9 Å². The van der Waals surface area contributed by atoms with Crippen molar-refractivity contribution in [1.29, 1.82) is 0 Å². The van der Waals surface area contributed by atoms with E-state index in [1.54, 1.807) is 6.07 Å². The van der Waals surface area contributed by atoms with Crippen LogP contribution in [0.2, 0.25) is 0 Å². The number of carbonyl (C=O) groups excluding carboxylic acids is 2. The lowest BCUT2D eigenvalue weighted by Crippen LogP contribution is -2.24. The number of nitrogens with one attached hydrogen (secondary N) is 1. The SMILES string of the molecule is COC(=O)C(=O)Nc1cc(OC)c(C)c(C)c1OC. The van der Waals surface area contributed by atoms with Crippen molar-refractivity contribution in [3.63, 3.8) is 0 Å². The van der Waals surface area contributed by atoms with Gasteiger partial charge < -0.3 is 19.5 Å². The van der Waals surface area contributed by atoms with Crippen LogP contribution in [0.1, 0.15) is 11.1 Å². The Balaban J connectivity index is 3.23. The molecule has 0 atom stereocenters. The third-order valence-electron chi connectivity index (χ3n) is 2.84. The van der Waals surface area contributed by atoms with Crippen molar-refractivity contribution in [1.82, 2.24) is 0 Å².